The molecule has 0 aromatic heterocycles. The minimum absolute atomic E-state index is 0.0922. The van der Waals surface area contributed by atoms with E-state index in [0.29, 0.717) is 12.0 Å². The Morgan fingerprint density at radius 1 is 1.50 bits per heavy atom. The molecule has 2 saturated heterocycles. The van der Waals surface area contributed by atoms with Crippen LogP contribution >= 0.6 is 0 Å². The molecule has 0 aromatic rings. The number of carbonyl (C=O) groups is 2. The van der Waals surface area contributed by atoms with Gasteiger partial charge >= 0.3 is 11.9 Å². The normalized spacial score (nSPS) is 39.2. The van der Waals surface area contributed by atoms with Crippen molar-refractivity contribution < 1.29 is 28.9 Å². The highest BCUT2D eigenvalue weighted by atomic mass is 16.6. The molecule has 0 bridgehead atoms. The number of aliphatic hydroxyl groups is 1. The minimum atomic E-state index is -1.13. The highest BCUT2D eigenvalue weighted by molar-refractivity contribution is 5.91. The van der Waals surface area contributed by atoms with E-state index in [-0.39, 0.29) is 30.1 Å². The largest absolute Gasteiger partial charge is 0.458 e. The maximum atomic E-state index is 12.2. The third kappa shape index (κ3) is 3.86. The first-order valence-electron chi connectivity index (χ1n) is 9.16. The van der Waals surface area contributed by atoms with Gasteiger partial charge in [0.2, 0.25) is 0 Å². The summed E-state index contributed by atoms with van der Waals surface area (Å²) in [6.45, 7) is 11.0. The van der Waals surface area contributed by atoms with Crippen LogP contribution in [-0.4, -0.2) is 46.6 Å². The number of hydrogen-bond acceptors (Lipinski definition) is 6. The van der Waals surface area contributed by atoms with Crippen LogP contribution in [0.25, 0.3) is 0 Å². The van der Waals surface area contributed by atoms with Crippen molar-refractivity contribution in [2.24, 2.45) is 5.92 Å². The third-order valence-electron chi connectivity index (χ3n) is 5.52. The lowest BCUT2D eigenvalue weighted by Gasteiger charge is -2.26. The molecule has 0 unspecified atom stereocenters. The van der Waals surface area contributed by atoms with Crippen molar-refractivity contribution in [2.45, 2.75) is 82.9 Å². The zero-order valence-electron chi connectivity index (χ0n) is 15.9. The summed E-state index contributed by atoms with van der Waals surface area (Å²) in [6, 6.07) is 0. The molecular weight excluding hydrogens is 336 g/mol. The summed E-state index contributed by atoms with van der Waals surface area (Å²) in [7, 11) is 0. The Bertz CT molecular complexity index is 658. The van der Waals surface area contributed by atoms with E-state index in [1.54, 1.807) is 13.8 Å². The van der Waals surface area contributed by atoms with Crippen LogP contribution < -0.4 is 0 Å². The summed E-state index contributed by atoms with van der Waals surface area (Å²) in [4.78, 5) is 24.3. The van der Waals surface area contributed by atoms with Crippen molar-refractivity contribution >= 4 is 11.9 Å². The second kappa shape index (κ2) is 6.50. The van der Waals surface area contributed by atoms with Gasteiger partial charge in [0.05, 0.1) is 17.6 Å². The molecule has 0 aromatic carbocycles. The Hall–Kier alpha value is -1.66. The van der Waals surface area contributed by atoms with Crippen molar-refractivity contribution in [1.29, 1.82) is 0 Å². The fourth-order valence-corrected chi connectivity index (χ4v) is 3.88. The predicted octanol–water partition coefficient (Wildman–Crippen LogP) is 2.44. The lowest BCUT2D eigenvalue weighted by molar-refractivity contribution is -0.153. The number of fused-ring (bicyclic) bond motifs is 3. The van der Waals surface area contributed by atoms with E-state index in [1.807, 2.05) is 13.8 Å². The van der Waals surface area contributed by atoms with Crippen LogP contribution in [0.1, 0.15) is 53.4 Å². The van der Waals surface area contributed by atoms with Gasteiger partial charge in [-0.2, -0.15) is 0 Å². The molecule has 2 aliphatic heterocycles. The molecule has 1 aliphatic carbocycles. The van der Waals surface area contributed by atoms with Gasteiger partial charge in [-0.25, -0.2) is 4.79 Å². The second-order valence-electron chi connectivity index (χ2n) is 8.54. The zero-order valence-corrected chi connectivity index (χ0v) is 15.9. The SMILES string of the molecule is C=C1C(=O)O[C@@H]2[C@H]3O[C@]3(C)CC/C=C(/C)[C@@H](OC(=O)CC(C)(C)O)C[C@@H]12. The van der Waals surface area contributed by atoms with Crippen molar-refractivity contribution in [3.05, 3.63) is 23.8 Å². The number of allylic oxidation sites excluding steroid dienone is 1. The van der Waals surface area contributed by atoms with E-state index in [4.69, 9.17) is 14.2 Å². The van der Waals surface area contributed by atoms with Gasteiger partial charge in [0.25, 0.3) is 0 Å². The van der Waals surface area contributed by atoms with Crippen LogP contribution in [0.5, 0.6) is 0 Å². The monoisotopic (exact) mass is 364 g/mol. The standard InChI is InChI=1S/C20H28O6/c1-11-7-6-8-20(5)17(26-20)16-13(12(2)18(22)25-16)9-14(11)24-15(21)10-19(3,4)23/h7,13-14,16-17,23H,2,6,8-10H2,1,3-5H3/b11-7-/t13-,14-,16-,17+,20+/m0/s1. The number of ether oxygens (including phenoxy) is 3. The van der Waals surface area contributed by atoms with Gasteiger partial charge in [-0.15, -0.1) is 0 Å². The number of carbonyl (C=O) groups excluding carboxylic acids is 2. The highest BCUT2D eigenvalue weighted by Crippen LogP contribution is 2.50. The molecule has 6 heteroatoms. The molecule has 0 spiro atoms. The molecule has 0 amide bonds. The van der Waals surface area contributed by atoms with Crippen LogP contribution in [0.2, 0.25) is 0 Å². The average molecular weight is 364 g/mol. The van der Waals surface area contributed by atoms with Gasteiger partial charge in [0.15, 0.2) is 0 Å². The first-order chi connectivity index (χ1) is 12.0. The second-order valence-corrected chi connectivity index (χ2v) is 8.54. The van der Waals surface area contributed by atoms with Gasteiger partial charge in [-0.05, 0) is 52.5 Å². The number of epoxide rings is 1. The molecule has 3 aliphatic rings. The summed E-state index contributed by atoms with van der Waals surface area (Å²) in [5.74, 6) is -1.12. The molecule has 2 heterocycles. The summed E-state index contributed by atoms with van der Waals surface area (Å²) in [5.41, 5.74) is -0.0745. The Labute approximate surface area is 154 Å². The van der Waals surface area contributed by atoms with Gasteiger partial charge in [0.1, 0.15) is 18.3 Å². The minimum Gasteiger partial charge on any atom is -0.458 e. The van der Waals surface area contributed by atoms with E-state index in [0.717, 1.165) is 18.4 Å². The lowest BCUT2D eigenvalue weighted by atomic mass is 9.83. The number of rotatable bonds is 3. The van der Waals surface area contributed by atoms with Crippen LogP contribution in [0, 0.1) is 5.92 Å². The third-order valence-corrected chi connectivity index (χ3v) is 5.52. The van der Waals surface area contributed by atoms with Crippen LogP contribution in [0.4, 0.5) is 0 Å². The van der Waals surface area contributed by atoms with Crippen LogP contribution in [0.15, 0.2) is 23.8 Å². The smallest absolute Gasteiger partial charge is 0.334 e. The molecular formula is C20H28O6. The van der Waals surface area contributed by atoms with Crippen molar-refractivity contribution in [3.8, 4) is 0 Å². The predicted molar refractivity (Wildman–Crippen MR) is 94.2 cm³/mol. The van der Waals surface area contributed by atoms with E-state index < -0.39 is 23.6 Å². The van der Waals surface area contributed by atoms with E-state index in [1.165, 1.54) is 0 Å². The van der Waals surface area contributed by atoms with Crippen molar-refractivity contribution in [2.75, 3.05) is 0 Å². The zero-order chi connectivity index (χ0) is 19.3. The Morgan fingerprint density at radius 3 is 2.85 bits per heavy atom. The fraction of sp³-hybridized carbons (Fsp3) is 0.700. The van der Waals surface area contributed by atoms with Crippen molar-refractivity contribution in [1.82, 2.24) is 0 Å². The molecule has 144 valence electrons. The first-order valence-corrected chi connectivity index (χ1v) is 9.16. The molecule has 1 N–H and O–H groups in total. The van der Waals surface area contributed by atoms with E-state index in [9.17, 15) is 14.7 Å². The summed E-state index contributed by atoms with van der Waals surface area (Å²) in [5, 5.41) is 9.85. The summed E-state index contributed by atoms with van der Waals surface area (Å²) < 4.78 is 17.1. The maximum absolute atomic E-state index is 12.2. The average Bonchev–Trinajstić information content (AvgIpc) is 3.09. The summed E-state index contributed by atoms with van der Waals surface area (Å²) in [6.07, 6.45) is 2.99. The number of esters is 2. The van der Waals surface area contributed by atoms with E-state index >= 15 is 0 Å². The molecule has 6 nitrogen and oxygen atoms in total. The van der Waals surface area contributed by atoms with Crippen LogP contribution in [0.3, 0.4) is 0 Å². The molecule has 26 heavy (non-hydrogen) atoms. The maximum Gasteiger partial charge on any atom is 0.334 e. The quantitative estimate of drug-likeness (QED) is 0.358. The molecule has 0 saturated carbocycles. The van der Waals surface area contributed by atoms with Crippen molar-refractivity contribution in [3.63, 3.8) is 0 Å². The first kappa shape index (κ1) is 19.1. The lowest BCUT2D eigenvalue weighted by Crippen LogP contribution is -2.34. The fourth-order valence-electron chi connectivity index (χ4n) is 3.88. The summed E-state index contributed by atoms with van der Waals surface area (Å²) >= 11 is 0. The van der Waals surface area contributed by atoms with Gasteiger partial charge in [-0.1, -0.05) is 12.7 Å². The van der Waals surface area contributed by atoms with Gasteiger partial charge < -0.3 is 19.3 Å². The highest BCUT2D eigenvalue weighted by Gasteiger charge is 2.61. The Morgan fingerprint density at radius 2 is 2.19 bits per heavy atom. The van der Waals surface area contributed by atoms with Crippen LogP contribution in [-0.2, 0) is 23.8 Å². The number of hydrogen-bond donors (Lipinski definition) is 1. The molecule has 5 atom stereocenters. The van der Waals surface area contributed by atoms with Gasteiger partial charge in [-0.3, -0.25) is 4.79 Å². The Balaban J connectivity index is 1.82. The Kier molecular flexibility index (Phi) is 4.78. The topological polar surface area (TPSA) is 85.4 Å². The van der Waals surface area contributed by atoms with Gasteiger partial charge in [0, 0.05) is 11.5 Å². The van der Waals surface area contributed by atoms with E-state index in [2.05, 4.69) is 12.7 Å². The molecule has 3 rings (SSSR count). The molecule has 2 fully saturated rings. The molecule has 0 radical (unpaired) electrons.